The lowest BCUT2D eigenvalue weighted by atomic mass is 9.83. The quantitative estimate of drug-likeness (QED) is 0.460. The predicted molar refractivity (Wildman–Crippen MR) is 116 cm³/mol. The smallest absolute Gasteiger partial charge is 0.0840 e. The molecule has 1 heterocycles. The Kier molecular flexibility index (Phi) is 4.18. The summed E-state index contributed by atoms with van der Waals surface area (Å²) in [6.07, 6.45) is 6.45. The van der Waals surface area contributed by atoms with Gasteiger partial charge < -0.3 is 0 Å². The number of aromatic nitrogens is 1. The normalized spacial score (nSPS) is 17.0. The Bertz CT molecular complexity index is 1060. The highest BCUT2D eigenvalue weighted by Crippen LogP contribution is 2.36. The maximum atomic E-state index is 8.49. The van der Waals surface area contributed by atoms with E-state index >= 15 is 0 Å². The molecule has 0 unspecified atom stereocenters. The highest BCUT2D eigenvalue weighted by molar-refractivity contribution is 5.95. The van der Waals surface area contributed by atoms with Gasteiger partial charge in [0.15, 0.2) is 0 Å². The maximum absolute atomic E-state index is 8.49. The minimum Gasteiger partial charge on any atom is -0.256 e. The van der Waals surface area contributed by atoms with Crippen molar-refractivity contribution in [3.05, 3.63) is 65.3 Å². The standard InChI is InChI=1S/C26H31N/c1-18-14-22(17-23(15-18)26(2,3)4)25-24-11-10-20(16-21(24)12-13-27-25)19-8-6-5-7-9-19/h10-17,19H,5-9H2,1-4H3/i12D,13D. The van der Waals surface area contributed by atoms with Gasteiger partial charge in [-0.1, -0.05) is 69.9 Å². The van der Waals surface area contributed by atoms with E-state index in [1.165, 1.54) is 48.8 Å². The molecule has 3 aromatic rings. The van der Waals surface area contributed by atoms with Crippen LogP contribution >= 0.6 is 0 Å². The van der Waals surface area contributed by atoms with E-state index in [1.807, 2.05) is 0 Å². The topological polar surface area (TPSA) is 12.9 Å². The van der Waals surface area contributed by atoms with Gasteiger partial charge in [0.25, 0.3) is 0 Å². The van der Waals surface area contributed by atoms with Gasteiger partial charge in [0.1, 0.15) is 0 Å². The van der Waals surface area contributed by atoms with E-state index in [0.29, 0.717) is 5.92 Å². The fourth-order valence-electron chi connectivity index (χ4n) is 4.34. The molecule has 1 saturated carbocycles. The highest BCUT2D eigenvalue weighted by atomic mass is 14.7. The van der Waals surface area contributed by atoms with Crippen LogP contribution in [-0.4, -0.2) is 4.98 Å². The molecule has 0 saturated heterocycles. The zero-order chi connectivity index (χ0) is 20.8. The van der Waals surface area contributed by atoms with E-state index in [0.717, 1.165) is 22.0 Å². The molecule has 1 aliphatic carbocycles. The average molecular weight is 360 g/mol. The van der Waals surface area contributed by atoms with Crippen molar-refractivity contribution in [2.45, 2.75) is 71.1 Å². The maximum Gasteiger partial charge on any atom is 0.0840 e. The molecule has 140 valence electrons. The van der Waals surface area contributed by atoms with Crippen LogP contribution in [0.4, 0.5) is 0 Å². The van der Waals surface area contributed by atoms with Crippen molar-refractivity contribution in [1.82, 2.24) is 4.98 Å². The number of hydrogen-bond donors (Lipinski definition) is 0. The molecular formula is C26H31N. The molecule has 1 nitrogen and oxygen atoms in total. The molecule has 1 aromatic heterocycles. The number of fused-ring (bicyclic) bond motifs is 1. The molecule has 0 atom stereocenters. The lowest BCUT2D eigenvalue weighted by Gasteiger charge is -2.23. The van der Waals surface area contributed by atoms with Crippen molar-refractivity contribution in [3.63, 3.8) is 0 Å². The molecule has 0 amide bonds. The van der Waals surface area contributed by atoms with E-state index in [2.05, 4.69) is 69.1 Å². The first-order valence-corrected chi connectivity index (χ1v) is 10.3. The van der Waals surface area contributed by atoms with Crippen molar-refractivity contribution in [2.24, 2.45) is 0 Å². The summed E-state index contributed by atoms with van der Waals surface area (Å²) in [5.74, 6) is 0.588. The predicted octanol–water partition coefficient (Wildman–Crippen LogP) is 7.56. The van der Waals surface area contributed by atoms with Crippen molar-refractivity contribution < 1.29 is 2.74 Å². The molecule has 0 N–H and O–H groups in total. The van der Waals surface area contributed by atoms with Crippen molar-refractivity contribution >= 4 is 10.8 Å². The molecule has 0 radical (unpaired) electrons. The van der Waals surface area contributed by atoms with Gasteiger partial charge in [-0.3, -0.25) is 4.98 Å². The molecule has 27 heavy (non-hydrogen) atoms. The third-order valence-corrected chi connectivity index (χ3v) is 5.95. The van der Waals surface area contributed by atoms with Gasteiger partial charge in [0, 0.05) is 17.1 Å². The van der Waals surface area contributed by atoms with Crippen LogP contribution in [0.2, 0.25) is 0 Å². The Morgan fingerprint density at radius 1 is 1.00 bits per heavy atom. The van der Waals surface area contributed by atoms with Crippen LogP contribution < -0.4 is 0 Å². The van der Waals surface area contributed by atoms with Crippen LogP contribution in [0.5, 0.6) is 0 Å². The van der Waals surface area contributed by atoms with Crippen LogP contribution in [0.25, 0.3) is 22.0 Å². The minimum absolute atomic E-state index is 0.0455. The van der Waals surface area contributed by atoms with E-state index in [1.54, 1.807) is 0 Å². The van der Waals surface area contributed by atoms with Gasteiger partial charge in [-0.2, -0.15) is 0 Å². The zero-order valence-electron chi connectivity index (χ0n) is 19.0. The van der Waals surface area contributed by atoms with E-state index < -0.39 is 0 Å². The third kappa shape index (κ3) is 3.78. The van der Waals surface area contributed by atoms with Gasteiger partial charge in [-0.25, -0.2) is 0 Å². The number of nitrogens with zero attached hydrogens (tertiary/aromatic N) is 1. The fraction of sp³-hybridized carbons (Fsp3) is 0.423. The fourth-order valence-corrected chi connectivity index (χ4v) is 4.34. The van der Waals surface area contributed by atoms with Gasteiger partial charge in [0.2, 0.25) is 0 Å². The zero-order valence-corrected chi connectivity index (χ0v) is 17.0. The van der Waals surface area contributed by atoms with Gasteiger partial charge in [-0.05, 0) is 65.8 Å². The van der Waals surface area contributed by atoms with Gasteiger partial charge >= 0.3 is 0 Å². The first-order chi connectivity index (χ1) is 13.7. The molecule has 1 aliphatic rings. The summed E-state index contributed by atoms with van der Waals surface area (Å²) in [6.45, 7) is 8.77. The molecule has 1 fully saturated rings. The lowest BCUT2D eigenvalue weighted by Crippen LogP contribution is -2.11. The second-order valence-electron chi connectivity index (χ2n) is 9.17. The molecule has 4 rings (SSSR count). The average Bonchev–Trinajstić information content (AvgIpc) is 2.70. The summed E-state index contributed by atoms with van der Waals surface area (Å²) in [5, 5.41) is 1.85. The van der Waals surface area contributed by atoms with E-state index in [4.69, 9.17) is 2.74 Å². The first kappa shape index (κ1) is 15.9. The van der Waals surface area contributed by atoms with Crippen molar-refractivity contribution in [1.29, 1.82) is 0 Å². The lowest BCUT2D eigenvalue weighted by molar-refractivity contribution is 0.444. The number of rotatable bonds is 2. The van der Waals surface area contributed by atoms with E-state index in [-0.39, 0.29) is 17.6 Å². The number of hydrogen-bond acceptors (Lipinski definition) is 1. The second kappa shape index (κ2) is 7.11. The third-order valence-electron chi connectivity index (χ3n) is 5.95. The largest absolute Gasteiger partial charge is 0.256 e. The minimum atomic E-state index is 0.0455. The first-order valence-electron chi connectivity index (χ1n) is 11.3. The number of benzene rings is 2. The highest BCUT2D eigenvalue weighted by Gasteiger charge is 2.18. The number of pyridine rings is 1. The Balaban J connectivity index is 1.90. The van der Waals surface area contributed by atoms with Crippen LogP contribution in [-0.2, 0) is 5.41 Å². The van der Waals surface area contributed by atoms with Gasteiger partial charge in [0.05, 0.1) is 8.44 Å². The molecule has 2 aromatic carbocycles. The summed E-state index contributed by atoms with van der Waals surface area (Å²) in [7, 11) is 0. The molecular weight excluding hydrogens is 326 g/mol. The number of aryl methyl sites for hydroxylation is 1. The van der Waals surface area contributed by atoms with Crippen molar-refractivity contribution in [2.75, 3.05) is 0 Å². The molecule has 0 spiro atoms. The van der Waals surface area contributed by atoms with E-state index in [9.17, 15) is 0 Å². The summed E-state index contributed by atoms with van der Waals surface area (Å²) < 4.78 is 16.8. The summed E-state index contributed by atoms with van der Waals surface area (Å²) >= 11 is 0. The summed E-state index contributed by atoms with van der Waals surface area (Å²) in [5.41, 5.74) is 5.70. The Morgan fingerprint density at radius 3 is 2.52 bits per heavy atom. The van der Waals surface area contributed by atoms with Crippen molar-refractivity contribution in [3.8, 4) is 11.3 Å². The summed E-state index contributed by atoms with van der Waals surface area (Å²) in [4.78, 5) is 4.56. The SMILES string of the molecule is [2H]c1nc(-c2cc(C)cc(C(C)(C)C)c2)c2ccc(C3CCCCC3)cc2c1[2H]. The summed E-state index contributed by atoms with van der Waals surface area (Å²) in [6, 6.07) is 13.3. The van der Waals surface area contributed by atoms with Crippen LogP contribution in [0, 0.1) is 6.92 Å². The molecule has 0 bridgehead atoms. The van der Waals surface area contributed by atoms with Crippen LogP contribution in [0.15, 0.2) is 48.6 Å². The van der Waals surface area contributed by atoms with Crippen LogP contribution in [0.1, 0.15) is 78.2 Å². The van der Waals surface area contributed by atoms with Crippen LogP contribution in [0.3, 0.4) is 0 Å². The molecule has 0 aliphatic heterocycles. The molecule has 1 heteroatoms. The Morgan fingerprint density at radius 2 is 1.78 bits per heavy atom. The Hall–Kier alpha value is -2.15. The Labute approximate surface area is 166 Å². The monoisotopic (exact) mass is 359 g/mol. The second-order valence-corrected chi connectivity index (χ2v) is 9.17. The van der Waals surface area contributed by atoms with Gasteiger partial charge in [-0.15, -0.1) is 0 Å².